The number of rotatable bonds is 4. The minimum absolute atomic E-state index is 0.0159. The number of nitrogens with zero attached hydrogens (tertiary/aromatic N) is 3. The SMILES string of the molecule is COc1ccc(-c2nc(-c3ccc(F)cn3)no2)cc1S(C)(=O)=O. The van der Waals surface area contributed by atoms with E-state index in [1.54, 1.807) is 6.07 Å². The van der Waals surface area contributed by atoms with Crippen molar-refractivity contribution >= 4 is 9.84 Å². The van der Waals surface area contributed by atoms with E-state index in [9.17, 15) is 12.8 Å². The smallest absolute Gasteiger partial charge is 0.258 e. The first kappa shape index (κ1) is 16.1. The van der Waals surface area contributed by atoms with Crippen LogP contribution in [-0.2, 0) is 9.84 Å². The van der Waals surface area contributed by atoms with Gasteiger partial charge >= 0.3 is 0 Å². The van der Waals surface area contributed by atoms with Gasteiger partial charge in [-0.3, -0.25) is 0 Å². The average Bonchev–Trinajstić information content (AvgIpc) is 3.04. The molecule has 2 aromatic heterocycles. The highest BCUT2D eigenvalue weighted by atomic mass is 32.2. The van der Waals surface area contributed by atoms with Crippen molar-refractivity contribution in [3.8, 4) is 28.7 Å². The number of hydrogen-bond donors (Lipinski definition) is 0. The van der Waals surface area contributed by atoms with E-state index in [2.05, 4.69) is 15.1 Å². The van der Waals surface area contributed by atoms with Crippen LogP contribution in [0.15, 0.2) is 45.9 Å². The third kappa shape index (κ3) is 3.11. The number of benzene rings is 1. The number of methoxy groups -OCH3 is 1. The lowest BCUT2D eigenvalue weighted by molar-refractivity contribution is 0.402. The molecule has 0 aliphatic heterocycles. The van der Waals surface area contributed by atoms with Gasteiger partial charge in [0.25, 0.3) is 5.89 Å². The third-order valence-electron chi connectivity index (χ3n) is 3.19. The summed E-state index contributed by atoms with van der Waals surface area (Å²) in [6.45, 7) is 0. The molecule has 0 spiro atoms. The van der Waals surface area contributed by atoms with Crippen LogP contribution in [0, 0.1) is 5.82 Å². The van der Waals surface area contributed by atoms with Crippen molar-refractivity contribution in [2.45, 2.75) is 4.90 Å². The van der Waals surface area contributed by atoms with E-state index in [0.29, 0.717) is 11.3 Å². The molecule has 0 amide bonds. The Morgan fingerprint density at radius 3 is 2.62 bits per heavy atom. The highest BCUT2D eigenvalue weighted by Gasteiger charge is 2.18. The Bertz CT molecular complexity index is 984. The zero-order chi connectivity index (χ0) is 17.3. The van der Waals surface area contributed by atoms with E-state index in [4.69, 9.17) is 9.26 Å². The number of pyridine rings is 1. The summed E-state index contributed by atoms with van der Waals surface area (Å²) in [6, 6.07) is 7.14. The molecule has 3 aromatic rings. The molecular formula is C15H12FN3O4S. The predicted molar refractivity (Wildman–Crippen MR) is 82.6 cm³/mol. The van der Waals surface area contributed by atoms with Crippen molar-refractivity contribution in [2.75, 3.05) is 13.4 Å². The molecule has 9 heteroatoms. The van der Waals surface area contributed by atoms with E-state index >= 15 is 0 Å². The van der Waals surface area contributed by atoms with Crippen LogP contribution in [0.5, 0.6) is 5.75 Å². The molecule has 2 heterocycles. The molecule has 0 radical (unpaired) electrons. The number of hydrogen-bond acceptors (Lipinski definition) is 7. The summed E-state index contributed by atoms with van der Waals surface area (Å²) >= 11 is 0. The van der Waals surface area contributed by atoms with Gasteiger partial charge in [0, 0.05) is 11.8 Å². The summed E-state index contributed by atoms with van der Waals surface area (Å²) in [7, 11) is -2.11. The van der Waals surface area contributed by atoms with Crippen molar-refractivity contribution in [2.24, 2.45) is 0 Å². The Kier molecular flexibility index (Phi) is 4.02. The first-order chi connectivity index (χ1) is 11.4. The van der Waals surface area contributed by atoms with Crippen LogP contribution in [0.3, 0.4) is 0 Å². The molecule has 0 N–H and O–H groups in total. The summed E-state index contributed by atoms with van der Waals surface area (Å²) in [6.07, 6.45) is 2.12. The van der Waals surface area contributed by atoms with E-state index in [0.717, 1.165) is 12.5 Å². The second kappa shape index (κ2) is 6.00. The van der Waals surface area contributed by atoms with Gasteiger partial charge in [0.05, 0.1) is 13.3 Å². The topological polar surface area (TPSA) is 95.2 Å². The number of sulfone groups is 1. The Hall–Kier alpha value is -2.81. The van der Waals surface area contributed by atoms with Crippen LogP contribution in [0.2, 0.25) is 0 Å². The van der Waals surface area contributed by atoms with Crippen molar-refractivity contribution in [1.82, 2.24) is 15.1 Å². The van der Waals surface area contributed by atoms with Crippen molar-refractivity contribution in [3.05, 3.63) is 42.3 Å². The summed E-state index contributed by atoms with van der Waals surface area (Å²) < 4.78 is 46.8. The summed E-state index contributed by atoms with van der Waals surface area (Å²) in [5.74, 6) is 0.0296. The minimum Gasteiger partial charge on any atom is -0.495 e. The van der Waals surface area contributed by atoms with Gasteiger partial charge in [-0.25, -0.2) is 17.8 Å². The highest BCUT2D eigenvalue weighted by molar-refractivity contribution is 7.90. The zero-order valence-electron chi connectivity index (χ0n) is 12.7. The number of halogens is 1. The number of ether oxygens (including phenoxy) is 1. The van der Waals surface area contributed by atoms with Gasteiger partial charge in [-0.1, -0.05) is 5.16 Å². The maximum Gasteiger partial charge on any atom is 0.258 e. The van der Waals surface area contributed by atoms with Gasteiger partial charge in [-0.05, 0) is 30.3 Å². The Balaban J connectivity index is 2.03. The molecule has 24 heavy (non-hydrogen) atoms. The average molecular weight is 349 g/mol. The standard InChI is InChI=1S/C15H12FN3O4S/c1-22-12-6-3-9(7-13(12)24(2,20)21)15-18-14(19-23-15)11-5-4-10(16)8-17-11/h3-8H,1-2H3. The van der Waals surface area contributed by atoms with Crippen LogP contribution in [0.4, 0.5) is 4.39 Å². The molecule has 0 saturated heterocycles. The molecule has 1 aromatic carbocycles. The molecule has 124 valence electrons. The van der Waals surface area contributed by atoms with E-state index in [1.807, 2.05) is 0 Å². The van der Waals surface area contributed by atoms with Crippen LogP contribution >= 0.6 is 0 Å². The highest BCUT2D eigenvalue weighted by Crippen LogP contribution is 2.30. The summed E-state index contributed by atoms with van der Waals surface area (Å²) in [5, 5.41) is 3.78. The fourth-order valence-corrected chi connectivity index (χ4v) is 2.91. The van der Waals surface area contributed by atoms with Gasteiger partial charge in [0.15, 0.2) is 9.84 Å². The van der Waals surface area contributed by atoms with Gasteiger partial charge in [0.1, 0.15) is 22.2 Å². The Morgan fingerprint density at radius 2 is 2.00 bits per heavy atom. The van der Waals surface area contributed by atoms with Gasteiger partial charge in [-0.15, -0.1) is 0 Å². The quantitative estimate of drug-likeness (QED) is 0.713. The maximum atomic E-state index is 12.9. The van der Waals surface area contributed by atoms with E-state index in [-0.39, 0.29) is 22.4 Å². The van der Waals surface area contributed by atoms with E-state index in [1.165, 1.54) is 31.4 Å². The molecule has 0 atom stereocenters. The second-order valence-corrected chi connectivity index (χ2v) is 6.91. The number of aromatic nitrogens is 3. The van der Waals surface area contributed by atoms with Crippen molar-refractivity contribution in [3.63, 3.8) is 0 Å². The first-order valence-corrected chi connectivity index (χ1v) is 8.62. The lowest BCUT2D eigenvalue weighted by atomic mass is 10.2. The van der Waals surface area contributed by atoms with Crippen molar-refractivity contribution in [1.29, 1.82) is 0 Å². The molecule has 0 saturated carbocycles. The third-order valence-corrected chi connectivity index (χ3v) is 4.31. The van der Waals surface area contributed by atoms with Crippen LogP contribution in [0.1, 0.15) is 0 Å². The predicted octanol–water partition coefficient (Wildman–Crippen LogP) is 2.35. The molecule has 3 rings (SSSR count). The molecule has 0 bridgehead atoms. The molecule has 0 unspecified atom stereocenters. The minimum atomic E-state index is -3.50. The summed E-state index contributed by atoms with van der Waals surface area (Å²) in [4.78, 5) is 8.04. The first-order valence-electron chi connectivity index (χ1n) is 6.72. The molecule has 0 aliphatic carbocycles. The van der Waals surface area contributed by atoms with Crippen molar-refractivity contribution < 1.29 is 22.1 Å². The monoisotopic (exact) mass is 349 g/mol. The second-order valence-electron chi connectivity index (χ2n) is 4.92. The molecular weight excluding hydrogens is 337 g/mol. The molecule has 0 fully saturated rings. The van der Waals surface area contributed by atoms with Gasteiger partial charge in [-0.2, -0.15) is 4.98 Å². The van der Waals surface area contributed by atoms with Crippen LogP contribution < -0.4 is 4.74 Å². The van der Waals surface area contributed by atoms with Crippen LogP contribution in [0.25, 0.3) is 23.0 Å². The molecule has 7 nitrogen and oxygen atoms in total. The fraction of sp³-hybridized carbons (Fsp3) is 0.133. The van der Waals surface area contributed by atoms with Gasteiger partial charge < -0.3 is 9.26 Å². The normalized spacial score (nSPS) is 11.5. The largest absolute Gasteiger partial charge is 0.495 e. The zero-order valence-corrected chi connectivity index (χ0v) is 13.5. The fourth-order valence-electron chi connectivity index (χ4n) is 2.05. The van der Waals surface area contributed by atoms with Crippen LogP contribution in [-0.4, -0.2) is 36.9 Å². The Labute approximate surface area is 137 Å². The summed E-state index contributed by atoms with van der Waals surface area (Å²) in [5.41, 5.74) is 0.750. The maximum absolute atomic E-state index is 12.9. The van der Waals surface area contributed by atoms with Gasteiger partial charge in [0.2, 0.25) is 5.82 Å². The van der Waals surface area contributed by atoms with E-state index < -0.39 is 15.7 Å². The lowest BCUT2D eigenvalue weighted by Crippen LogP contribution is -2.01. The molecule has 0 aliphatic rings. The Morgan fingerprint density at radius 1 is 1.21 bits per heavy atom. The lowest BCUT2D eigenvalue weighted by Gasteiger charge is -2.07.